The summed E-state index contributed by atoms with van der Waals surface area (Å²) in [5.41, 5.74) is 2.31. The van der Waals surface area contributed by atoms with E-state index in [0.29, 0.717) is 23.3 Å². The van der Waals surface area contributed by atoms with Gasteiger partial charge in [-0.3, -0.25) is 9.78 Å². The Bertz CT molecular complexity index is 950. The Balaban J connectivity index is 1.44. The van der Waals surface area contributed by atoms with Crippen molar-refractivity contribution in [3.05, 3.63) is 53.6 Å². The molecule has 2 heterocycles. The highest BCUT2D eigenvalue weighted by atomic mass is 19.1. The number of anilines is 1. The second kappa shape index (κ2) is 8.48. The maximum Gasteiger partial charge on any atom is 0.270 e. The minimum Gasteiger partial charge on any atom is -0.496 e. The van der Waals surface area contributed by atoms with Gasteiger partial charge in [0.05, 0.1) is 7.11 Å². The van der Waals surface area contributed by atoms with Gasteiger partial charge in [0.1, 0.15) is 17.3 Å². The van der Waals surface area contributed by atoms with E-state index in [9.17, 15) is 9.18 Å². The van der Waals surface area contributed by atoms with E-state index >= 15 is 0 Å². The molecule has 6 heteroatoms. The lowest BCUT2D eigenvalue weighted by Gasteiger charge is -2.40. The van der Waals surface area contributed by atoms with Crippen LogP contribution in [0.4, 0.5) is 10.1 Å². The van der Waals surface area contributed by atoms with Crippen molar-refractivity contribution in [2.45, 2.75) is 57.9 Å². The van der Waals surface area contributed by atoms with Crippen LogP contribution in [0, 0.1) is 11.2 Å². The third-order valence-electron chi connectivity index (χ3n) is 7.17. The molecule has 1 aromatic heterocycles. The number of hydrogen-bond acceptors (Lipinski definition) is 4. The Morgan fingerprint density at radius 2 is 1.94 bits per heavy atom. The topological polar surface area (TPSA) is 54.5 Å². The van der Waals surface area contributed by atoms with Crippen LogP contribution in [0.2, 0.25) is 0 Å². The van der Waals surface area contributed by atoms with Crippen LogP contribution in [-0.4, -0.2) is 36.6 Å². The molecule has 0 spiro atoms. The largest absolute Gasteiger partial charge is 0.496 e. The van der Waals surface area contributed by atoms with Crippen LogP contribution in [0.1, 0.15) is 62.0 Å². The number of benzene rings is 1. The smallest absolute Gasteiger partial charge is 0.270 e. The summed E-state index contributed by atoms with van der Waals surface area (Å²) in [6.07, 6.45) is 7.49. The van der Waals surface area contributed by atoms with Crippen LogP contribution < -0.4 is 15.0 Å². The highest BCUT2D eigenvalue weighted by Gasteiger charge is 2.45. The molecule has 2 fully saturated rings. The molecule has 166 valence electrons. The molecule has 2 aromatic rings. The van der Waals surface area contributed by atoms with Crippen LogP contribution in [0.15, 0.2) is 36.5 Å². The van der Waals surface area contributed by atoms with Crippen LogP contribution in [0.25, 0.3) is 0 Å². The molecule has 1 N–H and O–H groups in total. The van der Waals surface area contributed by atoms with Crippen LogP contribution >= 0.6 is 0 Å². The molecule has 0 radical (unpaired) electrons. The SMILES string of the molecule is CCC1(C)CCN(c2ccnc(C(=O)NC3(Cc4cc(F)ccc4OC)CC3)c2)CC1. The van der Waals surface area contributed by atoms with Crippen molar-refractivity contribution in [3.63, 3.8) is 0 Å². The molecule has 1 aromatic carbocycles. The summed E-state index contributed by atoms with van der Waals surface area (Å²) >= 11 is 0. The van der Waals surface area contributed by atoms with Gasteiger partial charge in [-0.1, -0.05) is 20.3 Å². The highest BCUT2D eigenvalue weighted by Crippen LogP contribution is 2.41. The van der Waals surface area contributed by atoms with Crippen LogP contribution in [0.3, 0.4) is 0 Å². The van der Waals surface area contributed by atoms with Crippen molar-refractivity contribution in [3.8, 4) is 5.75 Å². The monoisotopic (exact) mass is 425 g/mol. The van der Waals surface area contributed by atoms with Crippen molar-refractivity contribution in [1.29, 1.82) is 0 Å². The zero-order chi connectivity index (χ0) is 22.1. The second-order valence-electron chi connectivity index (χ2n) is 9.42. The number of rotatable bonds is 7. The summed E-state index contributed by atoms with van der Waals surface area (Å²) in [6.45, 7) is 6.62. The fraction of sp³-hybridized carbons (Fsp3) is 0.520. The van der Waals surface area contributed by atoms with Crippen molar-refractivity contribution in [2.75, 3.05) is 25.1 Å². The van der Waals surface area contributed by atoms with Gasteiger partial charge in [0.25, 0.3) is 5.91 Å². The number of amides is 1. The fourth-order valence-electron chi connectivity index (χ4n) is 4.45. The van der Waals surface area contributed by atoms with Gasteiger partial charge >= 0.3 is 0 Å². The maximum atomic E-state index is 13.7. The van der Waals surface area contributed by atoms with Gasteiger partial charge < -0.3 is 15.0 Å². The lowest BCUT2D eigenvalue weighted by Crippen LogP contribution is -2.40. The van der Waals surface area contributed by atoms with Crippen molar-refractivity contribution < 1.29 is 13.9 Å². The number of aromatic nitrogens is 1. The summed E-state index contributed by atoms with van der Waals surface area (Å²) in [7, 11) is 1.58. The minimum absolute atomic E-state index is 0.176. The van der Waals surface area contributed by atoms with E-state index in [1.165, 1.54) is 18.6 Å². The summed E-state index contributed by atoms with van der Waals surface area (Å²) < 4.78 is 19.1. The number of nitrogens with zero attached hydrogens (tertiary/aromatic N) is 2. The third-order valence-corrected chi connectivity index (χ3v) is 7.17. The Morgan fingerprint density at radius 1 is 1.19 bits per heavy atom. The Kier molecular flexibility index (Phi) is 5.91. The molecule has 1 aliphatic heterocycles. The van der Waals surface area contributed by atoms with E-state index in [-0.39, 0.29) is 17.3 Å². The minimum atomic E-state index is -0.357. The zero-order valence-electron chi connectivity index (χ0n) is 18.7. The van der Waals surface area contributed by atoms with E-state index in [1.807, 2.05) is 12.1 Å². The molecule has 1 saturated carbocycles. The molecule has 0 atom stereocenters. The Hall–Kier alpha value is -2.63. The number of methoxy groups -OCH3 is 1. The van der Waals surface area contributed by atoms with Gasteiger partial charge in [0, 0.05) is 30.5 Å². The Morgan fingerprint density at radius 3 is 2.58 bits per heavy atom. The quantitative estimate of drug-likeness (QED) is 0.696. The number of ether oxygens (including phenoxy) is 1. The van der Waals surface area contributed by atoms with Gasteiger partial charge in [-0.15, -0.1) is 0 Å². The van der Waals surface area contributed by atoms with Crippen molar-refractivity contribution in [1.82, 2.24) is 10.3 Å². The van der Waals surface area contributed by atoms with Gasteiger partial charge in [-0.2, -0.15) is 0 Å². The Labute approximate surface area is 184 Å². The predicted molar refractivity (Wildman–Crippen MR) is 120 cm³/mol. The van der Waals surface area contributed by atoms with Gasteiger partial charge in [-0.25, -0.2) is 4.39 Å². The molecule has 4 rings (SSSR count). The molecule has 1 aliphatic carbocycles. The number of nitrogens with one attached hydrogen (secondary N) is 1. The van der Waals surface area contributed by atoms with Crippen LogP contribution in [-0.2, 0) is 6.42 Å². The van der Waals surface area contributed by atoms with E-state index in [2.05, 4.69) is 29.0 Å². The van der Waals surface area contributed by atoms with Gasteiger partial charge in [0.15, 0.2) is 0 Å². The summed E-state index contributed by atoms with van der Waals surface area (Å²) in [5, 5.41) is 3.16. The van der Waals surface area contributed by atoms with E-state index in [1.54, 1.807) is 19.4 Å². The normalized spacial score (nSPS) is 19.0. The molecule has 0 unspecified atom stereocenters. The highest BCUT2D eigenvalue weighted by molar-refractivity contribution is 5.94. The molecule has 1 amide bonds. The number of carbonyl (C=O) groups is 1. The third kappa shape index (κ3) is 4.83. The average Bonchev–Trinajstić information content (AvgIpc) is 3.53. The second-order valence-corrected chi connectivity index (χ2v) is 9.42. The van der Waals surface area contributed by atoms with Gasteiger partial charge in [0.2, 0.25) is 0 Å². The molecule has 1 saturated heterocycles. The number of hydrogen-bond donors (Lipinski definition) is 1. The number of pyridine rings is 1. The lowest BCUT2D eigenvalue weighted by molar-refractivity contribution is 0.0926. The molecule has 31 heavy (non-hydrogen) atoms. The lowest BCUT2D eigenvalue weighted by atomic mass is 9.78. The average molecular weight is 426 g/mol. The van der Waals surface area contributed by atoms with Crippen molar-refractivity contribution >= 4 is 11.6 Å². The molecular weight excluding hydrogens is 393 g/mol. The summed E-state index contributed by atoms with van der Waals surface area (Å²) in [5.74, 6) is 0.171. The number of halogens is 1. The first-order valence-corrected chi connectivity index (χ1v) is 11.2. The zero-order valence-corrected chi connectivity index (χ0v) is 18.7. The first-order valence-electron chi connectivity index (χ1n) is 11.2. The standard InChI is InChI=1S/C25H32FN3O2/c1-4-24(2)10-13-29(14-11-24)20-7-12-27-21(16-20)23(30)28-25(8-9-25)17-18-15-19(26)5-6-22(18)31-3/h5-7,12,15-16H,4,8-11,13-14,17H2,1-3H3,(H,28,30). The summed E-state index contributed by atoms with van der Waals surface area (Å²) in [4.78, 5) is 19.7. The number of carbonyl (C=O) groups excluding carboxylic acids is 1. The van der Waals surface area contributed by atoms with E-state index in [4.69, 9.17) is 4.74 Å². The number of piperidine rings is 1. The van der Waals surface area contributed by atoms with Gasteiger partial charge in [-0.05, 0) is 73.4 Å². The van der Waals surface area contributed by atoms with Crippen molar-refractivity contribution in [2.24, 2.45) is 5.41 Å². The summed E-state index contributed by atoms with van der Waals surface area (Å²) in [6, 6.07) is 8.39. The van der Waals surface area contributed by atoms with E-state index in [0.717, 1.165) is 50.0 Å². The molecular formula is C25H32FN3O2. The molecule has 5 nitrogen and oxygen atoms in total. The molecule has 0 bridgehead atoms. The first-order chi connectivity index (χ1) is 14.9. The first kappa shape index (κ1) is 21.6. The predicted octanol–water partition coefficient (Wildman–Crippen LogP) is 4.75. The van der Waals surface area contributed by atoms with Crippen LogP contribution in [0.5, 0.6) is 5.75 Å². The fourth-order valence-corrected chi connectivity index (χ4v) is 4.45. The maximum absolute atomic E-state index is 13.7. The molecule has 2 aliphatic rings. The van der Waals surface area contributed by atoms with E-state index < -0.39 is 0 Å².